The summed E-state index contributed by atoms with van der Waals surface area (Å²) in [5, 5.41) is 3.25. The maximum Gasteiger partial charge on any atom is 0.270 e. The fraction of sp³-hybridized carbons (Fsp3) is 0.429. The summed E-state index contributed by atoms with van der Waals surface area (Å²) in [6.45, 7) is 3.65. The number of hydrogen-bond acceptors (Lipinski definition) is 3. The molecule has 1 amide bonds. The van der Waals surface area contributed by atoms with Gasteiger partial charge in [0.25, 0.3) is 5.91 Å². The maximum absolute atomic E-state index is 12.3. The number of nitrogens with one attached hydrogen (secondary N) is 1. The van der Waals surface area contributed by atoms with Crippen molar-refractivity contribution in [3.05, 3.63) is 40.1 Å². The van der Waals surface area contributed by atoms with E-state index in [2.05, 4.69) is 15.3 Å². The minimum Gasteiger partial charge on any atom is -0.357 e. The molecule has 1 fully saturated rings. The van der Waals surface area contributed by atoms with Crippen molar-refractivity contribution in [3.63, 3.8) is 0 Å². The lowest BCUT2D eigenvalue weighted by molar-refractivity contribution is 0.0702. The van der Waals surface area contributed by atoms with Gasteiger partial charge >= 0.3 is 0 Å². The van der Waals surface area contributed by atoms with Crippen molar-refractivity contribution in [2.75, 3.05) is 13.1 Å². The van der Waals surface area contributed by atoms with Crippen LogP contribution in [0.15, 0.2) is 23.7 Å². The summed E-state index contributed by atoms with van der Waals surface area (Å²) in [5.74, 6) is 0.495. The van der Waals surface area contributed by atoms with Crippen LogP contribution in [-0.4, -0.2) is 33.9 Å². The van der Waals surface area contributed by atoms with Crippen LogP contribution in [0.2, 0.25) is 0 Å². The number of H-pyrrole nitrogens is 1. The highest BCUT2D eigenvalue weighted by atomic mass is 32.1. The summed E-state index contributed by atoms with van der Waals surface area (Å²) in [5.41, 5.74) is 1.75. The first-order valence-corrected chi connectivity index (χ1v) is 7.46. The van der Waals surface area contributed by atoms with Crippen LogP contribution in [0.3, 0.4) is 0 Å². The summed E-state index contributed by atoms with van der Waals surface area (Å²) in [6.07, 6.45) is 3.97. The number of amides is 1. The minimum atomic E-state index is 0.1000. The number of carbonyl (C=O) groups is 1. The van der Waals surface area contributed by atoms with Crippen molar-refractivity contribution in [3.8, 4) is 0 Å². The van der Waals surface area contributed by atoms with Gasteiger partial charge in [0, 0.05) is 36.3 Å². The van der Waals surface area contributed by atoms with Gasteiger partial charge in [-0.3, -0.25) is 4.79 Å². The molecule has 1 N–H and O–H groups in total. The zero-order valence-electron chi connectivity index (χ0n) is 10.9. The Morgan fingerprint density at radius 2 is 2.47 bits per heavy atom. The summed E-state index contributed by atoms with van der Waals surface area (Å²) >= 11 is 1.71. The van der Waals surface area contributed by atoms with E-state index in [4.69, 9.17) is 0 Å². The third-order valence-electron chi connectivity index (χ3n) is 3.52. The summed E-state index contributed by atoms with van der Waals surface area (Å²) in [4.78, 5) is 21.8. The Kier molecular flexibility index (Phi) is 3.38. The molecule has 0 bridgehead atoms. The lowest BCUT2D eigenvalue weighted by Crippen LogP contribution is -2.39. The van der Waals surface area contributed by atoms with Gasteiger partial charge in [0.15, 0.2) is 0 Å². The zero-order chi connectivity index (χ0) is 13.2. The first kappa shape index (κ1) is 12.4. The number of aryl methyl sites for hydroxylation is 1. The molecule has 0 unspecified atom stereocenters. The Hall–Kier alpha value is -1.62. The fourth-order valence-corrected chi connectivity index (χ4v) is 3.48. The SMILES string of the molecule is Cc1csc([C@H]2CCCN(C(=O)c3ccc[nH]3)C2)n1. The monoisotopic (exact) mass is 275 g/mol. The molecule has 100 valence electrons. The number of likely N-dealkylation sites (tertiary alicyclic amines) is 1. The number of thiazole rings is 1. The van der Waals surface area contributed by atoms with E-state index in [1.54, 1.807) is 17.5 Å². The smallest absolute Gasteiger partial charge is 0.270 e. The maximum atomic E-state index is 12.3. The Labute approximate surface area is 116 Å². The highest BCUT2D eigenvalue weighted by Crippen LogP contribution is 2.29. The number of carbonyl (C=O) groups excluding carboxylic acids is 1. The van der Waals surface area contributed by atoms with Crippen molar-refractivity contribution in [2.24, 2.45) is 0 Å². The van der Waals surface area contributed by atoms with Gasteiger partial charge in [-0.05, 0) is 31.9 Å². The predicted molar refractivity (Wildman–Crippen MR) is 75.5 cm³/mol. The third kappa shape index (κ3) is 2.56. The molecular weight excluding hydrogens is 258 g/mol. The molecule has 5 heteroatoms. The van der Waals surface area contributed by atoms with E-state index in [9.17, 15) is 4.79 Å². The Balaban J connectivity index is 1.73. The normalized spacial score (nSPS) is 19.6. The van der Waals surface area contributed by atoms with Crippen LogP contribution >= 0.6 is 11.3 Å². The molecule has 0 aliphatic carbocycles. The highest BCUT2D eigenvalue weighted by molar-refractivity contribution is 7.09. The van der Waals surface area contributed by atoms with E-state index < -0.39 is 0 Å². The predicted octanol–water partition coefficient (Wildman–Crippen LogP) is 2.80. The number of hydrogen-bond donors (Lipinski definition) is 1. The van der Waals surface area contributed by atoms with E-state index in [0.717, 1.165) is 31.6 Å². The van der Waals surface area contributed by atoms with Crippen LogP contribution in [0, 0.1) is 6.92 Å². The van der Waals surface area contributed by atoms with Gasteiger partial charge in [0.2, 0.25) is 0 Å². The lowest BCUT2D eigenvalue weighted by atomic mass is 9.98. The van der Waals surface area contributed by atoms with E-state index in [1.165, 1.54) is 5.01 Å². The Bertz CT molecular complexity index is 561. The Morgan fingerprint density at radius 1 is 1.58 bits per heavy atom. The molecule has 4 nitrogen and oxygen atoms in total. The number of aromatic amines is 1. The highest BCUT2D eigenvalue weighted by Gasteiger charge is 2.27. The van der Waals surface area contributed by atoms with E-state index in [0.29, 0.717) is 11.6 Å². The first-order chi connectivity index (χ1) is 9.24. The van der Waals surface area contributed by atoms with E-state index in [-0.39, 0.29) is 5.91 Å². The molecule has 2 aromatic heterocycles. The summed E-state index contributed by atoms with van der Waals surface area (Å²) in [7, 11) is 0. The molecule has 3 rings (SSSR count). The molecule has 0 saturated carbocycles. The van der Waals surface area contributed by atoms with Crippen LogP contribution in [0.5, 0.6) is 0 Å². The van der Waals surface area contributed by atoms with Gasteiger partial charge in [-0.1, -0.05) is 0 Å². The van der Waals surface area contributed by atoms with Crippen molar-refractivity contribution in [2.45, 2.75) is 25.7 Å². The fourth-order valence-electron chi connectivity index (χ4n) is 2.56. The minimum absolute atomic E-state index is 0.1000. The van der Waals surface area contributed by atoms with Gasteiger partial charge < -0.3 is 9.88 Å². The molecular formula is C14H17N3OS. The quantitative estimate of drug-likeness (QED) is 0.916. The molecule has 1 saturated heterocycles. The standard InChI is InChI=1S/C14H17N3OS/c1-10-9-19-13(16-10)11-4-3-7-17(8-11)14(18)12-5-2-6-15-12/h2,5-6,9,11,15H,3-4,7-8H2,1H3/t11-/m0/s1. The van der Waals surface area contributed by atoms with Gasteiger partial charge in [-0.2, -0.15) is 0 Å². The first-order valence-electron chi connectivity index (χ1n) is 6.59. The number of piperidine rings is 1. The van der Waals surface area contributed by atoms with E-state index >= 15 is 0 Å². The van der Waals surface area contributed by atoms with Gasteiger partial charge in [0.05, 0.1) is 5.01 Å². The molecule has 0 radical (unpaired) electrons. The van der Waals surface area contributed by atoms with Gasteiger partial charge in [-0.15, -0.1) is 11.3 Å². The Morgan fingerprint density at radius 3 is 3.16 bits per heavy atom. The zero-order valence-corrected chi connectivity index (χ0v) is 11.7. The molecule has 1 aliphatic heterocycles. The molecule has 2 aromatic rings. The topological polar surface area (TPSA) is 49.0 Å². The van der Waals surface area contributed by atoms with Crippen molar-refractivity contribution < 1.29 is 4.79 Å². The van der Waals surface area contributed by atoms with Gasteiger partial charge in [0.1, 0.15) is 5.69 Å². The summed E-state index contributed by atoms with van der Waals surface area (Å²) in [6, 6.07) is 3.69. The van der Waals surface area contributed by atoms with Crippen LogP contribution in [0.4, 0.5) is 0 Å². The largest absolute Gasteiger partial charge is 0.357 e. The van der Waals surface area contributed by atoms with Crippen molar-refractivity contribution >= 4 is 17.2 Å². The number of rotatable bonds is 2. The van der Waals surface area contributed by atoms with Gasteiger partial charge in [-0.25, -0.2) is 4.98 Å². The van der Waals surface area contributed by atoms with Crippen LogP contribution in [-0.2, 0) is 0 Å². The van der Waals surface area contributed by atoms with Crippen molar-refractivity contribution in [1.82, 2.24) is 14.9 Å². The second-order valence-corrected chi connectivity index (χ2v) is 5.89. The average molecular weight is 275 g/mol. The van der Waals surface area contributed by atoms with Crippen LogP contribution < -0.4 is 0 Å². The van der Waals surface area contributed by atoms with Crippen LogP contribution in [0.25, 0.3) is 0 Å². The second kappa shape index (κ2) is 5.17. The molecule has 0 aromatic carbocycles. The molecule has 1 atom stereocenters. The lowest BCUT2D eigenvalue weighted by Gasteiger charge is -2.31. The second-order valence-electron chi connectivity index (χ2n) is 5.00. The van der Waals surface area contributed by atoms with Crippen LogP contribution in [0.1, 0.15) is 39.9 Å². The summed E-state index contributed by atoms with van der Waals surface area (Å²) < 4.78 is 0. The van der Waals surface area contributed by atoms with E-state index in [1.807, 2.05) is 24.0 Å². The molecule has 0 spiro atoms. The third-order valence-corrected chi connectivity index (χ3v) is 4.65. The number of nitrogens with zero attached hydrogens (tertiary/aromatic N) is 2. The van der Waals surface area contributed by atoms with Crippen molar-refractivity contribution in [1.29, 1.82) is 0 Å². The number of aromatic nitrogens is 2. The average Bonchev–Trinajstić information content (AvgIpc) is 3.09. The molecule has 1 aliphatic rings. The molecule has 19 heavy (non-hydrogen) atoms. The molecule has 3 heterocycles.